The van der Waals surface area contributed by atoms with Gasteiger partial charge in [-0.2, -0.15) is 0 Å². The summed E-state index contributed by atoms with van der Waals surface area (Å²) in [5.41, 5.74) is 1.86. The molecule has 0 spiro atoms. The van der Waals surface area contributed by atoms with Crippen molar-refractivity contribution < 1.29 is 14.3 Å². The number of aryl methyl sites for hydroxylation is 1. The lowest BCUT2D eigenvalue weighted by atomic mass is 10.2. The zero-order chi connectivity index (χ0) is 21.8. The highest BCUT2D eigenvalue weighted by atomic mass is 35.5. The number of anilines is 1. The molecular weight excluding hydrogens is 457 g/mol. The molecule has 164 valence electrons. The third-order valence-corrected chi connectivity index (χ3v) is 6.59. The van der Waals surface area contributed by atoms with Crippen molar-refractivity contribution in [2.45, 2.75) is 6.92 Å². The first kappa shape index (κ1) is 22.3. The number of halogens is 2. The molecule has 6 nitrogen and oxygen atoms in total. The minimum atomic E-state index is -0.147. The zero-order valence-corrected chi connectivity index (χ0v) is 19.5. The van der Waals surface area contributed by atoms with E-state index in [1.54, 1.807) is 29.2 Å². The van der Waals surface area contributed by atoms with E-state index in [-0.39, 0.29) is 12.5 Å². The van der Waals surface area contributed by atoms with Crippen LogP contribution < -0.4 is 9.64 Å². The molecule has 3 aromatic rings. The summed E-state index contributed by atoms with van der Waals surface area (Å²) in [6, 6.07) is 10.7. The molecule has 0 atom stereocenters. The Kier molecular flexibility index (Phi) is 7.30. The number of carbonyl (C=O) groups is 1. The summed E-state index contributed by atoms with van der Waals surface area (Å²) in [7, 11) is 0. The number of morpholine rings is 1. The number of carbonyl (C=O) groups excluding carboxylic acids is 1. The fraction of sp³-hybridized carbons (Fsp3) is 0.364. The van der Waals surface area contributed by atoms with Gasteiger partial charge in [-0.15, -0.1) is 0 Å². The summed E-state index contributed by atoms with van der Waals surface area (Å²) < 4.78 is 12.1. The maximum atomic E-state index is 13.2. The molecule has 1 aliphatic rings. The monoisotopic (exact) mass is 479 g/mol. The molecule has 31 heavy (non-hydrogen) atoms. The van der Waals surface area contributed by atoms with Crippen LogP contribution in [0.3, 0.4) is 0 Å². The van der Waals surface area contributed by atoms with Gasteiger partial charge < -0.3 is 9.47 Å². The molecule has 1 fully saturated rings. The van der Waals surface area contributed by atoms with E-state index in [4.69, 9.17) is 37.7 Å². The second-order valence-corrected chi connectivity index (χ2v) is 9.19. The lowest BCUT2D eigenvalue weighted by Crippen LogP contribution is -2.44. The summed E-state index contributed by atoms with van der Waals surface area (Å²) in [6.45, 7) is 6.30. The number of amides is 1. The fourth-order valence-corrected chi connectivity index (χ4v) is 4.99. The molecule has 0 unspecified atom stereocenters. The Bertz CT molecular complexity index is 1050. The van der Waals surface area contributed by atoms with Gasteiger partial charge in [-0.25, -0.2) is 4.98 Å². The predicted octanol–water partition coefficient (Wildman–Crippen LogP) is 4.66. The lowest BCUT2D eigenvalue weighted by molar-refractivity contribution is -0.120. The van der Waals surface area contributed by atoms with Gasteiger partial charge in [0.25, 0.3) is 5.91 Å². The maximum Gasteiger partial charge on any atom is 0.266 e. The van der Waals surface area contributed by atoms with Crippen LogP contribution in [0.5, 0.6) is 5.75 Å². The first-order valence-electron chi connectivity index (χ1n) is 10.0. The van der Waals surface area contributed by atoms with Crippen molar-refractivity contribution in [3.8, 4) is 5.75 Å². The molecule has 2 heterocycles. The SMILES string of the molecule is Cc1cc(Cl)cc2sc(N(CCN3CCOCC3)C(=O)COc3ccc(Cl)cc3)nc12. The Labute approximate surface area is 195 Å². The lowest BCUT2D eigenvalue weighted by Gasteiger charge is -2.29. The number of hydrogen-bond acceptors (Lipinski definition) is 6. The van der Waals surface area contributed by atoms with Gasteiger partial charge in [0, 0.05) is 36.2 Å². The van der Waals surface area contributed by atoms with Gasteiger partial charge in [0.05, 0.1) is 23.4 Å². The van der Waals surface area contributed by atoms with Crippen LogP contribution >= 0.6 is 34.5 Å². The Hall–Kier alpha value is -1.90. The first-order valence-corrected chi connectivity index (χ1v) is 11.6. The van der Waals surface area contributed by atoms with Crippen LogP contribution in [0.25, 0.3) is 10.2 Å². The molecule has 1 amide bonds. The third kappa shape index (κ3) is 5.67. The summed E-state index contributed by atoms with van der Waals surface area (Å²) in [5, 5.41) is 1.94. The molecular formula is C22H23Cl2N3O3S. The van der Waals surface area contributed by atoms with E-state index in [0.29, 0.717) is 40.7 Å². The average molecular weight is 480 g/mol. The van der Waals surface area contributed by atoms with Gasteiger partial charge >= 0.3 is 0 Å². The van der Waals surface area contributed by atoms with Gasteiger partial charge in [0.1, 0.15) is 5.75 Å². The molecule has 0 bridgehead atoms. The second kappa shape index (κ2) is 10.1. The minimum absolute atomic E-state index is 0.0829. The van der Waals surface area contributed by atoms with E-state index >= 15 is 0 Å². The van der Waals surface area contributed by atoms with Crippen LogP contribution in [0.1, 0.15) is 5.56 Å². The largest absolute Gasteiger partial charge is 0.484 e. The van der Waals surface area contributed by atoms with Crippen molar-refractivity contribution in [2.24, 2.45) is 0 Å². The third-order valence-electron chi connectivity index (χ3n) is 5.09. The van der Waals surface area contributed by atoms with Crippen molar-refractivity contribution >= 4 is 55.8 Å². The van der Waals surface area contributed by atoms with Crippen molar-refractivity contribution in [2.75, 3.05) is 50.9 Å². The number of hydrogen-bond donors (Lipinski definition) is 0. The van der Waals surface area contributed by atoms with E-state index in [1.165, 1.54) is 11.3 Å². The van der Waals surface area contributed by atoms with Crippen molar-refractivity contribution in [3.63, 3.8) is 0 Å². The van der Waals surface area contributed by atoms with E-state index in [9.17, 15) is 4.79 Å². The molecule has 0 saturated carbocycles. The topological polar surface area (TPSA) is 54.9 Å². The molecule has 2 aromatic carbocycles. The number of aromatic nitrogens is 1. The molecule has 4 rings (SSSR count). The highest BCUT2D eigenvalue weighted by Gasteiger charge is 2.22. The van der Waals surface area contributed by atoms with Gasteiger partial charge in [-0.3, -0.25) is 14.6 Å². The number of nitrogens with zero attached hydrogens (tertiary/aromatic N) is 3. The van der Waals surface area contributed by atoms with Crippen LogP contribution in [-0.4, -0.2) is 61.8 Å². The van der Waals surface area contributed by atoms with Crippen LogP contribution in [0.2, 0.25) is 10.0 Å². The zero-order valence-electron chi connectivity index (χ0n) is 17.1. The number of ether oxygens (including phenoxy) is 2. The second-order valence-electron chi connectivity index (χ2n) is 7.31. The maximum absolute atomic E-state index is 13.2. The van der Waals surface area contributed by atoms with Gasteiger partial charge in [-0.1, -0.05) is 34.5 Å². The van der Waals surface area contributed by atoms with Crippen LogP contribution in [-0.2, 0) is 9.53 Å². The van der Waals surface area contributed by atoms with E-state index in [1.807, 2.05) is 19.1 Å². The van der Waals surface area contributed by atoms with Gasteiger partial charge in [0.15, 0.2) is 11.7 Å². The van der Waals surface area contributed by atoms with Crippen molar-refractivity contribution in [1.29, 1.82) is 0 Å². The standard InChI is InChI=1S/C22H23Cl2N3O3S/c1-15-12-17(24)13-19-21(15)25-22(31-19)27(7-6-26-8-10-29-11-9-26)20(28)14-30-18-4-2-16(23)3-5-18/h2-5,12-13H,6-11,14H2,1H3. The number of thiazole rings is 1. The predicted molar refractivity (Wildman–Crippen MR) is 126 cm³/mol. The van der Waals surface area contributed by atoms with E-state index in [0.717, 1.165) is 35.4 Å². The highest BCUT2D eigenvalue weighted by molar-refractivity contribution is 7.22. The Morgan fingerprint density at radius 3 is 2.68 bits per heavy atom. The summed E-state index contributed by atoms with van der Waals surface area (Å²) in [4.78, 5) is 21.9. The smallest absolute Gasteiger partial charge is 0.266 e. The fourth-order valence-electron chi connectivity index (χ4n) is 3.41. The van der Waals surface area contributed by atoms with Crippen LogP contribution in [0.15, 0.2) is 36.4 Å². The Balaban J connectivity index is 1.53. The summed E-state index contributed by atoms with van der Waals surface area (Å²) >= 11 is 13.6. The summed E-state index contributed by atoms with van der Waals surface area (Å²) in [6.07, 6.45) is 0. The molecule has 0 N–H and O–H groups in total. The van der Waals surface area contributed by atoms with Crippen LogP contribution in [0, 0.1) is 6.92 Å². The average Bonchev–Trinajstić information content (AvgIpc) is 3.18. The molecule has 1 aliphatic heterocycles. The van der Waals surface area contributed by atoms with Crippen molar-refractivity contribution in [3.05, 3.63) is 52.0 Å². The normalized spacial score (nSPS) is 14.7. The number of rotatable bonds is 7. The van der Waals surface area contributed by atoms with E-state index < -0.39 is 0 Å². The Morgan fingerprint density at radius 1 is 1.19 bits per heavy atom. The molecule has 1 aromatic heterocycles. The van der Waals surface area contributed by atoms with Gasteiger partial charge in [0.2, 0.25) is 0 Å². The molecule has 1 saturated heterocycles. The summed E-state index contributed by atoms with van der Waals surface area (Å²) in [5.74, 6) is 0.448. The van der Waals surface area contributed by atoms with E-state index in [2.05, 4.69) is 4.90 Å². The van der Waals surface area contributed by atoms with Gasteiger partial charge in [-0.05, 0) is 48.9 Å². The van der Waals surface area contributed by atoms with Crippen molar-refractivity contribution in [1.82, 2.24) is 9.88 Å². The molecule has 0 aliphatic carbocycles. The number of fused-ring (bicyclic) bond motifs is 1. The minimum Gasteiger partial charge on any atom is -0.484 e. The first-order chi connectivity index (χ1) is 15.0. The quantitative estimate of drug-likeness (QED) is 0.493. The number of benzene rings is 2. The Morgan fingerprint density at radius 2 is 1.94 bits per heavy atom. The highest BCUT2D eigenvalue weighted by Crippen LogP contribution is 2.33. The molecule has 0 radical (unpaired) electrons. The van der Waals surface area contributed by atoms with Crippen LogP contribution in [0.4, 0.5) is 5.13 Å². The molecule has 9 heteroatoms.